The van der Waals surface area contributed by atoms with Crippen LogP contribution in [0.3, 0.4) is 0 Å². The van der Waals surface area contributed by atoms with Gasteiger partial charge < -0.3 is 0 Å². The van der Waals surface area contributed by atoms with E-state index in [4.69, 9.17) is 0 Å². The molecule has 0 heteroatoms. The number of rotatable bonds is 4. The van der Waals surface area contributed by atoms with Gasteiger partial charge in [0.2, 0.25) is 0 Å². The van der Waals surface area contributed by atoms with Crippen LogP contribution in [-0.4, -0.2) is 0 Å². The summed E-state index contributed by atoms with van der Waals surface area (Å²) in [6.45, 7) is 0. The molecular formula is C62H40. The van der Waals surface area contributed by atoms with E-state index < -0.39 is 0 Å². The molecule has 0 aliphatic heterocycles. The highest BCUT2D eigenvalue weighted by Crippen LogP contribution is 2.48. The Morgan fingerprint density at radius 2 is 0.774 bits per heavy atom. The Kier molecular flexibility index (Phi) is 7.84. The Bertz CT molecular complexity index is 3940. The summed E-state index contributed by atoms with van der Waals surface area (Å²) >= 11 is 0. The Morgan fingerprint density at radius 1 is 0.274 bits per heavy atom. The second-order valence-corrected chi connectivity index (χ2v) is 17.0. The minimum Gasteiger partial charge on any atom is -0.0763 e. The molecule has 0 bridgehead atoms. The number of benzene rings is 12. The minimum absolute atomic E-state index is 1.02. The van der Waals surface area contributed by atoms with E-state index in [0.29, 0.717) is 0 Å². The molecule has 0 amide bonds. The fourth-order valence-corrected chi connectivity index (χ4v) is 10.8. The Hall–Kier alpha value is -7.80. The van der Waals surface area contributed by atoms with Crippen molar-refractivity contribution in [1.82, 2.24) is 0 Å². The molecule has 288 valence electrons. The lowest BCUT2D eigenvalue weighted by Crippen LogP contribution is -2.29. The lowest BCUT2D eigenvalue weighted by Gasteiger charge is -2.21. The van der Waals surface area contributed by atoms with Gasteiger partial charge in [0.1, 0.15) is 0 Å². The van der Waals surface area contributed by atoms with Gasteiger partial charge in [-0.05, 0) is 167 Å². The van der Waals surface area contributed by atoms with Crippen molar-refractivity contribution in [3.63, 3.8) is 0 Å². The van der Waals surface area contributed by atoms with Crippen LogP contribution in [0.25, 0.3) is 120 Å². The summed E-state index contributed by atoms with van der Waals surface area (Å²) in [5, 5.41) is 20.5. The third-order valence-electron chi connectivity index (χ3n) is 13.7. The summed E-state index contributed by atoms with van der Waals surface area (Å²) < 4.78 is 0. The van der Waals surface area contributed by atoms with Gasteiger partial charge in [-0.3, -0.25) is 0 Å². The maximum atomic E-state index is 2.52. The number of hydrogen-bond donors (Lipinski definition) is 0. The zero-order valence-electron chi connectivity index (χ0n) is 34.2. The molecular weight excluding hydrogens is 745 g/mol. The fraction of sp³-hybridized carbons (Fsp3) is 0.0323. The van der Waals surface area contributed by atoms with Crippen LogP contribution in [-0.2, 0) is 0 Å². The van der Waals surface area contributed by atoms with Gasteiger partial charge in [-0.25, -0.2) is 0 Å². The number of hydrogen-bond acceptors (Lipinski definition) is 0. The largest absolute Gasteiger partial charge is 0.0763 e. The van der Waals surface area contributed by atoms with E-state index in [1.54, 1.807) is 0 Å². The highest BCUT2D eigenvalue weighted by molar-refractivity contribution is 6.28. The predicted octanol–water partition coefficient (Wildman–Crippen LogP) is 15.5. The van der Waals surface area contributed by atoms with Crippen molar-refractivity contribution in [2.24, 2.45) is 0 Å². The Labute approximate surface area is 360 Å². The van der Waals surface area contributed by atoms with Crippen molar-refractivity contribution in [1.29, 1.82) is 0 Å². The van der Waals surface area contributed by atoms with Crippen molar-refractivity contribution in [2.75, 3.05) is 0 Å². The standard InChI is InChI=1S/C62H40/c1-2-16-42-35-45(28-27-39(42)13-1)61-56-33-29-44(50-26-12-18-41-15-4-6-20-48(41)50)37-60(56)62(57-34-30-43(36-59(57)61)49-25-11-17-40-14-3-5-19-47(40)49)46-31-32-55-53-23-8-7-21-51(53)52-22-9-10-24-54(52)58(55)38-46/h1-10,12-24,26-38H,11,25H2. The molecule has 0 saturated heterocycles. The van der Waals surface area contributed by atoms with Crippen molar-refractivity contribution >= 4 is 87.1 Å². The van der Waals surface area contributed by atoms with Gasteiger partial charge >= 0.3 is 0 Å². The molecule has 0 nitrogen and oxygen atoms in total. The Balaban J connectivity index is 1.19. The van der Waals surface area contributed by atoms with E-state index >= 15 is 0 Å². The molecule has 0 fully saturated rings. The van der Waals surface area contributed by atoms with Crippen molar-refractivity contribution in [3.05, 3.63) is 228 Å². The molecule has 0 radical (unpaired) electrons. The summed E-state index contributed by atoms with van der Waals surface area (Å²) in [7, 11) is 0. The molecule has 0 heterocycles. The SMILES string of the molecule is C1=c2ccccc2=C(c2ccc3c(-c4ccc5c6ccccc6c6ccccc6c5c4)c4cc(-c5cccc6ccccc56)ccc4c(-c4ccc5ccccc5c4)c3c2)CC1. The maximum Gasteiger partial charge on any atom is -0.00259 e. The maximum absolute atomic E-state index is 2.52. The van der Waals surface area contributed by atoms with Gasteiger partial charge in [0.15, 0.2) is 0 Å². The van der Waals surface area contributed by atoms with Crippen LogP contribution < -0.4 is 10.4 Å². The molecule has 12 aromatic rings. The van der Waals surface area contributed by atoms with E-state index in [-0.39, 0.29) is 0 Å². The summed E-state index contributed by atoms with van der Waals surface area (Å²) in [6.07, 6.45) is 4.46. The topological polar surface area (TPSA) is 0 Å². The Morgan fingerprint density at radius 3 is 1.53 bits per heavy atom. The van der Waals surface area contributed by atoms with Gasteiger partial charge in [-0.1, -0.05) is 194 Å². The first-order valence-electron chi connectivity index (χ1n) is 21.9. The number of fused-ring (bicyclic) bond motifs is 11. The first-order chi connectivity index (χ1) is 30.7. The highest BCUT2D eigenvalue weighted by atomic mass is 14.2. The quantitative estimate of drug-likeness (QED) is 0.123. The predicted molar refractivity (Wildman–Crippen MR) is 267 cm³/mol. The third kappa shape index (κ3) is 5.40. The lowest BCUT2D eigenvalue weighted by atomic mass is 9.82. The first-order valence-corrected chi connectivity index (χ1v) is 21.9. The van der Waals surface area contributed by atoms with Crippen molar-refractivity contribution in [2.45, 2.75) is 12.8 Å². The molecule has 62 heavy (non-hydrogen) atoms. The van der Waals surface area contributed by atoms with Crippen molar-refractivity contribution < 1.29 is 0 Å². The third-order valence-corrected chi connectivity index (χ3v) is 13.7. The van der Waals surface area contributed by atoms with E-state index in [9.17, 15) is 0 Å². The summed E-state index contributed by atoms with van der Waals surface area (Å²) in [5.74, 6) is 0. The minimum atomic E-state index is 1.02. The first kappa shape index (κ1) is 35.0. The van der Waals surface area contributed by atoms with Gasteiger partial charge in [0.05, 0.1) is 0 Å². The molecule has 0 unspecified atom stereocenters. The second-order valence-electron chi connectivity index (χ2n) is 17.0. The fourth-order valence-electron chi connectivity index (χ4n) is 10.8. The second kappa shape index (κ2) is 13.9. The van der Waals surface area contributed by atoms with Crippen LogP contribution in [0.1, 0.15) is 18.4 Å². The molecule has 0 spiro atoms. The van der Waals surface area contributed by atoms with Gasteiger partial charge in [-0.2, -0.15) is 0 Å². The average molecular weight is 785 g/mol. The smallest absolute Gasteiger partial charge is 0.00259 e. The molecule has 1 aliphatic carbocycles. The zero-order valence-corrected chi connectivity index (χ0v) is 34.2. The van der Waals surface area contributed by atoms with Crippen molar-refractivity contribution in [3.8, 4) is 33.4 Å². The van der Waals surface area contributed by atoms with Gasteiger partial charge in [0, 0.05) is 0 Å². The molecule has 12 aromatic carbocycles. The van der Waals surface area contributed by atoms with E-state index in [1.807, 2.05) is 0 Å². The van der Waals surface area contributed by atoms with E-state index in [2.05, 4.69) is 218 Å². The van der Waals surface area contributed by atoms with Crippen LogP contribution in [0.15, 0.2) is 212 Å². The summed E-state index contributed by atoms with van der Waals surface area (Å²) in [4.78, 5) is 0. The average Bonchev–Trinajstić information content (AvgIpc) is 3.34. The van der Waals surface area contributed by atoms with Crippen LogP contribution in [0.2, 0.25) is 0 Å². The van der Waals surface area contributed by atoms with Crippen LogP contribution in [0, 0.1) is 0 Å². The highest BCUT2D eigenvalue weighted by Gasteiger charge is 2.21. The van der Waals surface area contributed by atoms with Gasteiger partial charge in [-0.15, -0.1) is 0 Å². The molecule has 0 saturated carbocycles. The molecule has 0 aromatic heterocycles. The van der Waals surface area contributed by atoms with Crippen LogP contribution >= 0.6 is 0 Å². The van der Waals surface area contributed by atoms with Crippen LogP contribution in [0.4, 0.5) is 0 Å². The summed E-state index contributed by atoms with van der Waals surface area (Å²) in [5.41, 5.74) is 10.2. The van der Waals surface area contributed by atoms with E-state index in [0.717, 1.165) is 12.8 Å². The zero-order chi connectivity index (χ0) is 40.7. The molecule has 0 N–H and O–H groups in total. The van der Waals surface area contributed by atoms with E-state index in [1.165, 1.54) is 130 Å². The normalized spacial score (nSPS) is 12.8. The molecule has 1 aliphatic rings. The summed E-state index contributed by atoms with van der Waals surface area (Å²) in [6, 6.07) is 79.8. The molecule has 0 atom stereocenters. The van der Waals surface area contributed by atoms with Gasteiger partial charge in [0.25, 0.3) is 0 Å². The molecule has 13 rings (SSSR count). The monoisotopic (exact) mass is 784 g/mol. The van der Waals surface area contributed by atoms with Crippen LogP contribution in [0.5, 0.6) is 0 Å². The lowest BCUT2D eigenvalue weighted by molar-refractivity contribution is 1.08.